The minimum Gasteiger partial charge on any atom is -0.444 e. The van der Waals surface area contributed by atoms with Crippen LogP contribution in [-0.2, 0) is 10.3 Å². The Labute approximate surface area is 137 Å². The highest BCUT2D eigenvalue weighted by Gasteiger charge is 2.39. The molecule has 2 heterocycles. The molecule has 7 heteroatoms. The molecule has 1 N–H and O–H groups in total. The molecule has 1 aliphatic heterocycles. The van der Waals surface area contributed by atoms with Crippen molar-refractivity contribution >= 4 is 22.0 Å². The predicted molar refractivity (Wildman–Crippen MR) is 82.8 cm³/mol. The zero-order valence-corrected chi connectivity index (χ0v) is 14.5. The van der Waals surface area contributed by atoms with Gasteiger partial charge in [-0.1, -0.05) is 0 Å². The zero-order valence-electron chi connectivity index (χ0n) is 12.9. The van der Waals surface area contributed by atoms with Crippen molar-refractivity contribution in [2.24, 2.45) is 0 Å². The van der Waals surface area contributed by atoms with Gasteiger partial charge in [-0.05, 0) is 55.6 Å². The molecule has 22 heavy (non-hydrogen) atoms. The first kappa shape index (κ1) is 17.1. The van der Waals surface area contributed by atoms with Gasteiger partial charge in [-0.15, -0.1) is 0 Å². The Morgan fingerprint density at radius 2 is 2.05 bits per heavy atom. The van der Waals surface area contributed by atoms with Gasteiger partial charge in [0, 0.05) is 17.6 Å². The summed E-state index contributed by atoms with van der Waals surface area (Å²) in [6.45, 7) is 6.15. The number of halogens is 2. The standard InChI is InChI=1S/C15H20BrFN2O3/c1-14(2,3)22-13(20)19-6-4-15(21,5-7-19)12-11(16)8-10(17)9-18-12/h8-9,21H,4-7H2,1-3H3. The Balaban J connectivity index is 2.06. The number of aliphatic hydroxyl groups is 1. The van der Waals surface area contributed by atoms with Crippen LogP contribution in [-0.4, -0.2) is 39.8 Å². The molecule has 5 nitrogen and oxygen atoms in total. The lowest BCUT2D eigenvalue weighted by atomic mass is 9.88. The van der Waals surface area contributed by atoms with E-state index < -0.39 is 17.0 Å². The normalized spacial score (nSPS) is 18.2. The molecule has 0 bridgehead atoms. The van der Waals surface area contributed by atoms with Crippen LogP contribution in [0.5, 0.6) is 0 Å². The average Bonchev–Trinajstić information content (AvgIpc) is 2.36. The van der Waals surface area contributed by atoms with Crippen molar-refractivity contribution < 1.29 is 19.0 Å². The van der Waals surface area contributed by atoms with E-state index in [0.717, 1.165) is 6.20 Å². The van der Waals surface area contributed by atoms with Crippen molar-refractivity contribution in [2.75, 3.05) is 13.1 Å². The Kier molecular flexibility index (Phi) is 4.77. The summed E-state index contributed by atoms with van der Waals surface area (Å²) < 4.78 is 18.9. The van der Waals surface area contributed by atoms with E-state index in [2.05, 4.69) is 20.9 Å². The summed E-state index contributed by atoms with van der Waals surface area (Å²) >= 11 is 3.23. The third-order valence-electron chi connectivity index (χ3n) is 3.49. The maximum absolute atomic E-state index is 13.1. The van der Waals surface area contributed by atoms with E-state index in [1.807, 2.05) is 20.8 Å². The van der Waals surface area contributed by atoms with Gasteiger partial charge in [-0.25, -0.2) is 9.18 Å². The molecule has 0 atom stereocenters. The summed E-state index contributed by atoms with van der Waals surface area (Å²) in [4.78, 5) is 17.6. The first-order valence-corrected chi connectivity index (χ1v) is 7.92. The van der Waals surface area contributed by atoms with Crippen molar-refractivity contribution in [3.8, 4) is 0 Å². The minimum absolute atomic E-state index is 0.323. The van der Waals surface area contributed by atoms with Crippen LogP contribution in [0.15, 0.2) is 16.7 Å². The van der Waals surface area contributed by atoms with Crippen LogP contribution in [0.1, 0.15) is 39.3 Å². The quantitative estimate of drug-likeness (QED) is 0.819. The fourth-order valence-corrected chi connectivity index (χ4v) is 3.07. The molecule has 122 valence electrons. The van der Waals surface area contributed by atoms with E-state index in [1.165, 1.54) is 6.07 Å². The van der Waals surface area contributed by atoms with Crippen molar-refractivity contribution in [3.63, 3.8) is 0 Å². The monoisotopic (exact) mass is 374 g/mol. The fourth-order valence-electron chi connectivity index (χ4n) is 2.38. The SMILES string of the molecule is CC(C)(C)OC(=O)N1CCC(O)(c2ncc(F)cc2Br)CC1. The van der Waals surface area contributed by atoms with Crippen LogP contribution in [0.4, 0.5) is 9.18 Å². The van der Waals surface area contributed by atoms with Gasteiger partial charge in [0.25, 0.3) is 0 Å². The summed E-state index contributed by atoms with van der Waals surface area (Å²) in [7, 11) is 0. The molecule has 0 radical (unpaired) electrons. The molecule has 0 spiro atoms. The Bertz CT molecular complexity index is 566. The van der Waals surface area contributed by atoms with Gasteiger partial charge in [0.05, 0.1) is 11.9 Å². The third kappa shape index (κ3) is 3.95. The van der Waals surface area contributed by atoms with Gasteiger partial charge in [0.2, 0.25) is 0 Å². The van der Waals surface area contributed by atoms with E-state index in [9.17, 15) is 14.3 Å². The lowest BCUT2D eigenvalue weighted by molar-refractivity contribution is -0.0386. The number of aromatic nitrogens is 1. The molecule has 1 fully saturated rings. The summed E-state index contributed by atoms with van der Waals surface area (Å²) in [6.07, 6.45) is 1.34. The molecule has 1 amide bonds. The van der Waals surface area contributed by atoms with Crippen molar-refractivity contribution in [3.05, 3.63) is 28.2 Å². The highest BCUT2D eigenvalue weighted by molar-refractivity contribution is 9.10. The third-order valence-corrected chi connectivity index (χ3v) is 4.10. The highest BCUT2D eigenvalue weighted by Crippen LogP contribution is 2.36. The van der Waals surface area contributed by atoms with E-state index in [-0.39, 0.29) is 6.09 Å². The number of amides is 1. The van der Waals surface area contributed by atoms with Crippen molar-refractivity contribution in [1.82, 2.24) is 9.88 Å². The van der Waals surface area contributed by atoms with E-state index >= 15 is 0 Å². The molecular formula is C15H20BrFN2O3. The first-order chi connectivity index (χ1) is 10.1. The number of carbonyl (C=O) groups is 1. The van der Waals surface area contributed by atoms with Gasteiger partial charge in [-0.2, -0.15) is 0 Å². The first-order valence-electron chi connectivity index (χ1n) is 7.12. The lowest BCUT2D eigenvalue weighted by Crippen LogP contribution is -2.47. The Hall–Kier alpha value is -1.21. The number of hydrogen-bond donors (Lipinski definition) is 1. The van der Waals surface area contributed by atoms with Crippen LogP contribution in [0, 0.1) is 5.82 Å². The summed E-state index contributed by atoms with van der Waals surface area (Å²) in [6, 6.07) is 1.28. The largest absolute Gasteiger partial charge is 0.444 e. The number of piperidine rings is 1. The lowest BCUT2D eigenvalue weighted by Gasteiger charge is -2.38. The Morgan fingerprint density at radius 1 is 1.45 bits per heavy atom. The number of ether oxygens (including phenoxy) is 1. The topological polar surface area (TPSA) is 62.7 Å². The number of pyridine rings is 1. The van der Waals surface area contributed by atoms with Gasteiger partial charge in [0.1, 0.15) is 17.0 Å². The Morgan fingerprint density at radius 3 is 2.55 bits per heavy atom. The van der Waals surface area contributed by atoms with Gasteiger partial charge in [0.15, 0.2) is 0 Å². The van der Waals surface area contributed by atoms with E-state index in [1.54, 1.807) is 4.90 Å². The molecule has 1 saturated heterocycles. The zero-order chi connectivity index (χ0) is 16.5. The molecular weight excluding hydrogens is 355 g/mol. The van der Waals surface area contributed by atoms with Crippen LogP contribution >= 0.6 is 15.9 Å². The van der Waals surface area contributed by atoms with E-state index in [0.29, 0.717) is 36.1 Å². The molecule has 0 aliphatic carbocycles. The number of likely N-dealkylation sites (tertiary alicyclic amines) is 1. The number of nitrogens with zero attached hydrogens (tertiary/aromatic N) is 2. The second-order valence-electron chi connectivity index (χ2n) is 6.48. The highest BCUT2D eigenvalue weighted by atomic mass is 79.9. The molecule has 1 aromatic rings. The number of hydrogen-bond acceptors (Lipinski definition) is 4. The van der Waals surface area contributed by atoms with Gasteiger partial charge < -0.3 is 14.7 Å². The maximum Gasteiger partial charge on any atom is 0.410 e. The predicted octanol–water partition coefficient (Wildman–Crippen LogP) is 3.20. The molecule has 1 aromatic heterocycles. The van der Waals surface area contributed by atoms with Crippen LogP contribution < -0.4 is 0 Å². The fraction of sp³-hybridized carbons (Fsp3) is 0.600. The second-order valence-corrected chi connectivity index (χ2v) is 7.34. The average molecular weight is 375 g/mol. The summed E-state index contributed by atoms with van der Waals surface area (Å²) in [5, 5.41) is 10.8. The van der Waals surface area contributed by atoms with Crippen LogP contribution in [0.2, 0.25) is 0 Å². The van der Waals surface area contributed by atoms with E-state index in [4.69, 9.17) is 4.74 Å². The van der Waals surface area contributed by atoms with Crippen molar-refractivity contribution in [1.29, 1.82) is 0 Å². The second kappa shape index (κ2) is 6.12. The smallest absolute Gasteiger partial charge is 0.410 e. The number of rotatable bonds is 1. The maximum atomic E-state index is 13.1. The van der Waals surface area contributed by atoms with Crippen molar-refractivity contribution in [2.45, 2.75) is 44.8 Å². The molecule has 0 unspecified atom stereocenters. The van der Waals surface area contributed by atoms with Crippen LogP contribution in [0.25, 0.3) is 0 Å². The molecule has 0 aromatic carbocycles. The number of carbonyl (C=O) groups excluding carboxylic acids is 1. The van der Waals surface area contributed by atoms with Crippen LogP contribution in [0.3, 0.4) is 0 Å². The molecule has 1 aliphatic rings. The summed E-state index contributed by atoms with van der Waals surface area (Å²) in [5.41, 5.74) is -1.32. The van der Waals surface area contributed by atoms with Gasteiger partial charge in [-0.3, -0.25) is 4.98 Å². The molecule has 0 saturated carbocycles. The summed E-state index contributed by atoms with van der Waals surface area (Å²) in [5.74, 6) is -0.467. The minimum atomic E-state index is -1.18. The molecule has 2 rings (SSSR count). The van der Waals surface area contributed by atoms with Gasteiger partial charge >= 0.3 is 6.09 Å².